The lowest BCUT2D eigenvalue weighted by Crippen LogP contribution is -2.24. The molecule has 0 aliphatic rings. The van der Waals surface area contributed by atoms with Gasteiger partial charge in [0, 0.05) is 10.9 Å². The van der Waals surface area contributed by atoms with E-state index in [-0.39, 0.29) is 5.96 Å². The third kappa shape index (κ3) is 3.50. The lowest BCUT2D eigenvalue weighted by atomic mass is 9.98. The number of carbonyl (C=O) groups is 1. The number of benzene rings is 2. The van der Waals surface area contributed by atoms with E-state index >= 15 is 0 Å². The topological polar surface area (TPSA) is 94.4 Å². The maximum atomic E-state index is 12.5. The number of hydrogen-bond donors (Lipinski definition) is 2. The summed E-state index contributed by atoms with van der Waals surface area (Å²) in [7, 11) is 0. The smallest absolute Gasteiger partial charge is 0.280 e. The molecule has 1 aromatic heterocycles. The van der Waals surface area contributed by atoms with Crippen LogP contribution in [0.5, 0.6) is 0 Å². The molecule has 0 atom stereocenters. The maximum absolute atomic E-state index is 12.5. The molecule has 4 N–H and O–H groups in total. The zero-order valence-corrected chi connectivity index (χ0v) is 14.1. The third-order valence-electron chi connectivity index (χ3n) is 3.99. The monoisotopic (exact) mass is 332 g/mol. The van der Waals surface area contributed by atoms with E-state index in [1.165, 1.54) is 5.56 Å². The van der Waals surface area contributed by atoms with Crippen LogP contribution in [0.3, 0.4) is 0 Å². The van der Waals surface area contributed by atoms with Crippen LogP contribution in [0.25, 0.3) is 22.2 Å². The molecule has 0 fully saturated rings. The van der Waals surface area contributed by atoms with E-state index < -0.39 is 5.91 Å². The summed E-state index contributed by atoms with van der Waals surface area (Å²) in [5.41, 5.74) is 14.9. The molecule has 2 aromatic carbocycles. The van der Waals surface area contributed by atoms with Crippen molar-refractivity contribution in [3.8, 4) is 11.3 Å². The molecule has 5 heteroatoms. The Labute approximate surface area is 146 Å². The van der Waals surface area contributed by atoms with Crippen molar-refractivity contribution in [3.05, 3.63) is 65.7 Å². The predicted molar refractivity (Wildman–Crippen MR) is 101 cm³/mol. The van der Waals surface area contributed by atoms with Crippen LogP contribution in [0.1, 0.15) is 29.3 Å². The number of guanidine groups is 1. The van der Waals surface area contributed by atoms with Gasteiger partial charge in [0.15, 0.2) is 5.96 Å². The number of aromatic nitrogens is 1. The van der Waals surface area contributed by atoms with Crippen LogP contribution in [-0.2, 0) is 6.42 Å². The van der Waals surface area contributed by atoms with Crippen molar-refractivity contribution in [2.24, 2.45) is 16.5 Å². The van der Waals surface area contributed by atoms with Gasteiger partial charge in [-0.3, -0.25) is 4.79 Å². The Morgan fingerprint density at radius 3 is 2.56 bits per heavy atom. The van der Waals surface area contributed by atoms with Crippen LogP contribution in [0, 0.1) is 0 Å². The fourth-order valence-corrected chi connectivity index (χ4v) is 2.93. The summed E-state index contributed by atoms with van der Waals surface area (Å²) in [4.78, 5) is 20.9. The van der Waals surface area contributed by atoms with E-state index in [4.69, 9.17) is 16.5 Å². The molecule has 0 saturated heterocycles. The largest absolute Gasteiger partial charge is 0.370 e. The molecule has 0 bridgehead atoms. The SMILES string of the molecule is CCCc1ccccc1-c1cc(C(=O)N=C(N)N)c2ccccc2n1. The average molecular weight is 332 g/mol. The van der Waals surface area contributed by atoms with Crippen LogP contribution in [-0.4, -0.2) is 16.9 Å². The van der Waals surface area contributed by atoms with E-state index in [2.05, 4.69) is 18.0 Å². The van der Waals surface area contributed by atoms with E-state index in [0.29, 0.717) is 5.56 Å². The number of rotatable bonds is 4. The van der Waals surface area contributed by atoms with Crippen LogP contribution in [0.2, 0.25) is 0 Å². The summed E-state index contributed by atoms with van der Waals surface area (Å²) in [6, 6.07) is 17.4. The molecule has 0 aliphatic carbocycles. The van der Waals surface area contributed by atoms with Crippen LogP contribution in [0.15, 0.2) is 59.6 Å². The first-order valence-corrected chi connectivity index (χ1v) is 8.22. The van der Waals surface area contributed by atoms with Gasteiger partial charge in [0.2, 0.25) is 0 Å². The van der Waals surface area contributed by atoms with Crippen molar-refractivity contribution in [1.29, 1.82) is 0 Å². The van der Waals surface area contributed by atoms with Gasteiger partial charge in [-0.15, -0.1) is 0 Å². The fourth-order valence-electron chi connectivity index (χ4n) is 2.93. The van der Waals surface area contributed by atoms with Crippen LogP contribution in [0.4, 0.5) is 0 Å². The van der Waals surface area contributed by atoms with Crippen molar-refractivity contribution >= 4 is 22.8 Å². The number of amides is 1. The van der Waals surface area contributed by atoms with E-state index in [0.717, 1.165) is 35.0 Å². The number of hydrogen-bond acceptors (Lipinski definition) is 2. The second kappa shape index (κ2) is 7.13. The summed E-state index contributed by atoms with van der Waals surface area (Å²) in [5.74, 6) is -0.716. The summed E-state index contributed by atoms with van der Waals surface area (Å²) < 4.78 is 0. The predicted octanol–water partition coefficient (Wildman–Crippen LogP) is 3.27. The molecular formula is C20H20N4O. The number of para-hydroxylation sites is 1. The molecule has 25 heavy (non-hydrogen) atoms. The Bertz CT molecular complexity index is 959. The summed E-state index contributed by atoms with van der Waals surface area (Å²) in [5, 5.41) is 0.731. The number of carbonyl (C=O) groups excluding carboxylic acids is 1. The Morgan fingerprint density at radius 1 is 1.08 bits per heavy atom. The van der Waals surface area contributed by atoms with Crippen molar-refractivity contribution in [2.45, 2.75) is 19.8 Å². The highest BCUT2D eigenvalue weighted by molar-refractivity contribution is 6.10. The molecule has 0 saturated carbocycles. The van der Waals surface area contributed by atoms with Crippen molar-refractivity contribution in [1.82, 2.24) is 4.98 Å². The number of nitrogens with zero attached hydrogens (tertiary/aromatic N) is 2. The standard InChI is InChI=1S/C20H20N4O/c1-2-7-13-8-3-4-9-14(13)18-12-16(19(25)24-20(21)22)15-10-5-6-11-17(15)23-18/h3-6,8-12H,2,7H2,1H3,(H4,21,22,24,25). The molecule has 3 rings (SSSR count). The average Bonchev–Trinajstić information content (AvgIpc) is 2.61. The number of nitrogens with two attached hydrogens (primary N) is 2. The van der Waals surface area contributed by atoms with Gasteiger partial charge in [-0.25, -0.2) is 4.98 Å². The second-order valence-corrected chi connectivity index (χ2v) is 5.82. The molecule has 0 spiro atoms. The van der Waals surface area contributed by atoms with Gasteiger partial charge in [-0.1, -0.05) is 55.8 Å². The van der Waals surface area contributed by atoms with Crippen molar-refractivity contribution < 1.29 is 4.79 Å². The Hall–Kier alpha value is -3.21. The molecule has 5 nitrogen and oxygen atoms in total. The molecule has 0 unspecified atom stereocenters. The molecule has 0 aliphatic heterocycles. The summed E-state index contributed by atoms with van der Waals surface area (Å²) >= 11 is 0. The highest BCUT2D eigenvalue weighted by Crippen LogP contribution is 2.28. The molecule has 1 amide bonds. The zero-order valence-electron chi connectivity index (χ0n) is 14.1. The van der Waals surface area contributed by atoms with Crippen LogP contribution < -0.4 is 11.5 Å². The highest BCUT2D eigenvalue weighted by atomic mass is 16.1. The Balaban J connectivity index is 2.25. The summed E-state index contributed by atoms with van der Waals surface area (Å²) in [6.45, 7) is 2.14. The fraction of sp³-hybridized carbons (Fsp3) is 0.150. The number of aryl methyl sites for hydroxylation is 1. The van der Waals surface area contributed by atoms with Crippen molar-refractivity contribution in [2.75, 3.05) is 0 Å². The minimum Gasteiger partial charge on any atom is -0.370 e. The first-order valence-electron chi connectivity index (χ1n) is 8.22. The van der Waals surface area contributed by atoms with Gasteiger partial charge in [-0.05, 0) is 24.1 Å². The van der Waals surface area contributed by atoms with Gasteiger partial charge in [0.1, 0.15) is 0 Å². The minimum absolute atomic E-state index is 0.251. The van der Waals surface area contributed by atoms with Gasteiger partial charge in [0.25, 0.3) is 5.91 Å². The van der Waals surface area contributed by atoms with E-state index in [1.54, 1.807) is 6.07 Å². The molecular weight excluding hydrogens is 312 g/mol. The third-order valence-corrected chi connectivity index (χ3v) is 3.99. The molecule has 3 aromatic rings. The minimum atomic E-state index is -0.465. The van der Waals surface area contributed by atoms with Gasteiger partial charge < -0.3 is 11.5 Å². The van der Waals surface area contributed by atoms with E-state index in [1.807, 2.05) is 42.5 Å². The first-order chi connectivity index (χ1) is 12.1. The normalized spacial score (nSPS) is 10.6. The number of fused-ring (bicyclic) bond motifs is 1. The number of pyridine rings is 1. The van der Waals surface area contributed by atoms with Gasteiger partial charge in [-0.2, -0.15) is 4.99 Å². The highest BCUT2D eigenvalue weighted by Gasteiger charge is 2.15. The number of aliphatic imine (C=N–C) groups is 1. The molecule has 0 radical (unpaired) electrons. The van der Waals surface area contributed by atoms with Gasteiger partial charge in [0.05, 0.1) is 16.8 Å². The van der Waals surface area contributed by atoms with Crippen molar-refractivity contribution in [3.63, 3.8) is 0 Å². The summed E-state index contributed by atoms with van der Waals surface area (Å²) in [6.07, 6.45) is 1.98. The Kier molecular flexibility index (Phi) is 4.75. The lowest BCUT2D eigenvalue weighted by molar-refractivity contribution is 0.100. The molecule has 126 valence electrons. The lowest BCUT2D eigenvalue weighted by Gasteiger charge is -2.11. The van der Waals surface area contributed by atoms with Crippen LogP contribution >= 0.6 is 0 Å². The maximum Gasteiger partial charge on any atom is 0.280 e. The van der Waals surface area contributed by atoms with Gasteiger partial charge >= 0.3 is 0 Å². The zero-order chi connectivity index (χ0) is 17.8. The first kappa shape index (κ1) is 16.6. The molecule has 1 heterocycles. The second-order valence-electron chi connectivity index (χ2n) is 5.82. The Morgan fingerprint density at radius 2 is 1.80 bits per heavy atom. The quantitative estimate of drug-likeness (QED) is 0.566. The van der Waals surface area contributed by atoms with E-state index in [9.17, 15) is 4.79 Å².